The maximum Gasteiger partial charge on any atom is 0.338 e. The number of esters is 1. The first-order valence-electron chi connectivity index (χ1n) is 12.8. The van der Waals surface area contributed by atoms with Gasteiger partial charge in [-0.2, -0.15) is 4.98 Å². The zero-order valence-electron chi connectivity index (χ0n) is 22.5. The van der Waals surface area contributed by atoms with Crippen molar-refractivity contribution in [1.82, 2.24) is 14.8 Å². The molecule has 1 aliphatic heterocycles. The molecule has 1 aromatic heterocycles. The van der Waals surface area contributed by atoms with Crippen molar-refractivity contribution in [2.45, 2.75) is 71.2 Å². The second-order valence-corrected chi connectivity index (χ2v) is 11.2. The number of carbonyl (C=O) groups excluding carboxylic acids is 1. The Morgan fingerprint density at radius 1 is 1.08 bits per heavy atom. The van der Waals surface area contributed by atoms with Crippen LogP contribution in [0.5, 0.6) is 5.75 Å². The number of aromatic nitrogens is 3. The first-order chi connectivity index (χ1) is 17.7. The Morgan fingerprint density at radius 2 is 1.78 bits per heavy atom. The van der Waals surface area contributed by atoms with Crippen molar-refractivity contribution in [3.63, 3.8) is 0 Å². The second kappa shape index (κ2) is 11.4. The van der Waals surface area contributed by atoms with E-state index in [1.54, 1.807) is 16.4 Å². The number of nitrogens with one attached hydrogen (secondary N) is 1. The van der Waals surface area contributed by atoms with E-state index >= 15 is 0 Å². The lowest BCUT2D eigenvalue weighted by Gasteiger charge is -2.28. The molecule has 0 saturated carbocycles. The number of thioether (sulfide) groups is 1. The zero-order valence-corrected chi connectivity index (χ0v) is 23.3. The van der Waals surface area contributed by atoms with E-state index in [2.05, 4.69) is 62.3 Å². The number of hydrogen-bond acceptors (Lipinski definition) is 7. The molecule has 0 amide bonds. The fourth-order valence-electron chi connectivity index (χ4n) is 4.18. The highest BCUT2D eigenvalue weighted by Gasteiger charge is 2.35. The molecular formula is C29H36N4O3S. The largest absolute Gasteiger partial charge is 0.489 e. The average Bonchev–Trinajstić information content (AvgIpc) is 3.28. The molecule has 7 nitrogen and oxygen atoms in total. The summed E-state index contributed by atoms with van der Waals surface area (Å²) in [5.41, 5.74) is 4.69. The van der Waals surface area contributed by atoms with Gasteiger partial charge in [-0.25, -0.2) is 9.48 Å². The predicted molar refractivity (Wildman–Crippen MR) is 148 cm³/mol. The first-order valence-corrected chi connectivity index (χ1v) is 13.8. The van der Waals surface area contributed by atoms with E-state index in [1.165, 1.54) is 5.56 Å². The number of anilines is 1. The number of allylic oxidation sites excluding steroid dienone is 1. The number of ether oxygens (including phenoxy) is 2. The Labute approximate surface area is 223 Å². The molecule has 3 aromatic rings. The number of rotatable bonds is 9. The number of nitrogens with zero attached hydrogens (tertiary/aromatic N) is 3. The summed E-state index contributed by atoms with van der Waals surface area (Å²) in [5.74, 6) is 1.94. The van der Waals surface area contributed by atoms with Gasteiger partial charge in [-0.05, 0) is 54.5 Å². The molecule has 2 aromatic carbocycles. The topological polar surface area (TPSA) is 78.3 Å². The third-order valence-corrected chi connectivity index (χ3v) is 7.23. The van der Waals surface area contributed by atoms with Crippen LogP contribution in [-0.2, 0) is 21.6 Å². The van der Waals surface area contributed by atoms with Crippen molar-refractivity contribution in [1.29, 1.82) is 0 Å². The van der Waals surface area contributed by atoms with Gasteiger partial charge < -0.3 is 14.8 Å². The van der Waals surface area contributed by atoms with Crippen LogP contribution in [0, 0.1) is 0 Å². The van der Waals surface area contributed by atoms with E-state index < -0.39 is 6.04 Å². The number of hydrogen-bond donors (Lipinski definition) is 1. The van der Waals surface area contributed by atoms with E-state index in [-0.39, 0.29) is 11.4 Å². The molecule has 2 heterocycles. The quantitative estimate of drug-likeness (QED) is 0.255. The highest BCUT2D eigenvalue weighted by Crippen LogP contribution is 2.37. The fraction of sp³-hybridized carbons (Fsp3) is 0.414. The third-order valence-electron chi connectivity index (χ3n) is 6.19. The van der Waals surface area contributed by atoms with Crippen molar-refractivity contribution in [2.24, 2.45) is 0 Å². The zero-order chi connectivity index (χ0) is 26.6. The van der Waals surface area contributed by atoms with Crippen LogP contribution in [0.3, 0.4) is 0 Å². The molecule has 1 atom stereocenters. The summed E-state index contributed by atoms with van der Waals surface area (Å²) < 4.78 is 13.2. The molecule has 196 valence electrons. The van der Waals surface area contributed by atoms with Crippen molar-refractivity contribution in [2.75, 3.05) is 17.7 Å². The molecule has 1 unspecified atom stereocenters. The van der Waals surface area contributed by atoms with E-state index in [1.807, 2.05) is 38.1 Å². The van der Waals surface area contributed by atoms with Crippen LogP contribution in [0.4, 0.5) is 5.95 Å². The SMILES string of the molecule is CCCSc1nc2n(n1)C(c1ccc(OCc3ccc(C(C)(C)C)cc3)cc1)C(C(=O)OCC)=C(C)N2. The van der Waals surface area contributed by atoms with E-state index in [0.717, 1.165) is 34.7 Å². The Hall–Kier alpha value is -3.26. The molecule has 0 spiro atoms. The summed E-state index contributed by atoms with van der Waals surface area (Å²) in [7, 11) is 0. The molecule has 1 aliphatic rings. The number of carbonyl (C=O) groups is 1. The van der Waals surface area contributed by atoms with Gasteiger partial charge in [0.05, 0.1) is 12.2 Å². The van der Waals surface area contributed by atoms with Crippen LogP contribution in [0.15, 0.2) is 65.0 Å². The smallest absolute Gasteiger partial charge is 0.338 e. The monoisotopic (exact) mass is 520 g/mol. The highest BCUT2D eigenvalue weighted by molar-refractivity contribution is 7.99. The molecule has 4 rings (SSSR count). The Kier molecular flexibility index (Phi) is 8.27. The molecule has 0 fully saturated rings. The van der Waals surface area contributed by atoms with Crippen LogP contribution in [0.1, 0.15) is 70.7 Å². The summed E-state index contributed by atoms with van der Waals surface area (Å²) in [6, 6.07) is 15.9. The van der Waals surface area contributed by atoms with Gasteiger partial charge in [-0.15, -0.1) is 5.10 Å². The summed E-state index contributed by atoms with van der Waals surface area (Å²) in [6.07, 6.45) is 1.03. The minimum atomic E-state index is -0.447. The molecule has 8 heteroatoms. The molecular weight excluding hydrogens is 484 g/mol. The van der Waals surface area contributed by atoms with Gasteiger partial charge in [0.25, 0.3) is 0 Å². The summed E-state index contributed by atoms with van der Waals surface area (Å²) >= 11 is 1.60. The predicted octanol–water partition coefficient (Wildman–Crippen LogP) is 6.51. The average molecular weight is 521 g/mol. The van der Waals surface area contributed by atoms with Gasteiger partial charge in [0.15, 0.2) is 0 Å². The van der Waals surface area contributed by atoms with Gasteiger partial charge in [0, 0.05) is 11.4 Å². The van der Waals surface area contributed by atoms with Gasteiger partial charge in [0.2, 0.25) is 11.1 Å². The lowest BCUT2D eigenvalue weighted by molar-refractivity contribution is -0.139. The molecule has 0 saturated heterocycles. The van der Waals surface area contributed by atoms with Gasteiger partial charge >= 0.3 is 5.97 Å². The highest BCUT2D eigenvalue weighted by atomic mass is 32.2. The van der Waals surface area contributed by atoms with E-state index in [4.69, 9.17) is 14.6 Å². The normalized spacial score (nSPS) is 15.2. The molecule has 0 bridgehead atoms. The van der Waals surface area contributed by atoms with E-state index in [9.17, 15) is 4.79 Å². The summed E-state index contributed by atoms with van der Waals surface area (Å²) in [4.78, 5) is 17.6. The van der Waals surface area contributed by atoms with Gasteiger partial charge in [-0.3, -0.25) is 0 Å². The van der Waals surface area contributed by atoms with Crippen LogP contribution in [0.2, 0.25) is 0 Å². The molecule has 0 radical (unpaired) electrons. The van der Waals surface area contributed by atoms with E-state index in [0.29, 0.717) is 29.9 Å². The molecule has 37 heavy (non-hydrogen) atoms. The van der Waals surface area contributed by atoms with Crippen molar-refractivity contribution < 1.29 is 14.3 Å². The Bertz CT molecular complexity index is 1260. The minimum Gasteiger partial charge on any atom is -0.489 e. The fourth-order valence-corrected chi connectivity index (χ4v) is 4.86. The van der Waals surface area contributed by atoms with Crippen molar-refractivity contribution in [3.05, 3.63) is 76.5 Å². The standard InChI is InChI=1S/C29H36N4O3S/c1-7-17-37-28-31-27-30-19(3)24(26(34)35-8-2)25(33(27)32-28)21-11-15-23(16-12-21)36-18-20-9-13-22(14-10-20)29(4,5)6/h9-16,25H,7-8,17-18H2,1-6H3,(H,30,31,32). The Morgan fingerprint density at radius 3 is 2.41 bits per heavy atom. The van der Waals surface area contributed by atoms with Crippen LogP contribution in [-0.4, -0.2) is 33.1 Å². The number of fused-ring (bicyclic) bond motifs is 1. The lowest BCUT2D eigenvalue weighted by atomic mass is 9.87. The Balaban J connectivity index is 1.57. The van der Waals surface area contributed by atoms with Crippen LogP contribution < -0.4 is 10.1 Å². The minimum absolute atomic E-state index is 0.123. The maximum atomic E-state index is 13.0. The van der Waals surface area contributed by atoms with Gasteiger partial charge in [-0.1, -0.05) is 75.9 Å². The molecule has 1 N–H and O–H groups in total. The van der Waals surface area contributed by atoms with Crippen molar-refractivity contribution in [3.8, 4) is 5.75 Å². The van der Waals surface area contributed by atoms with Crippen LogP contribution in [0.25, 0.3) is 0 Å². The summed E-state index contributed by atoms with van der Waals surface area (Å²) in [5, 5.41) is 8.65. The molecule has 0 aliphatic carbocycles. The maximum absolute atomic E-state index is 13.0. The number of benzene rings is 2. The van der Waals surface area contributed by atoms with Crippen LogP contribution >= 0.6 is 11.8 Å². The van der Waals surface area contributed by atoms with Crippen molar-refractivity contribution >= 4 is 23.7 Å². The van der Waals surface area contributed by atoms with Gasteiger partial charge in [0.1, 0.15) is 18.4 Å². The third kappa shape index (κ3) is 6.18. The first kappa shape index (κ1) is 26.8. The lowest BCUT2D eigenvalue weighted by Crippen LogP contribution is -2.29. The second-order valence-electron chi connectivity index (χ2n) is 10.1. The summed E-state index contributed by atoms with van der Waals surface area (Å²) in [6.45, 7) is 13.2.